The van der Waals surface area contributed by atoms with E-state index in [1.165, 1.54) is 12.3 Å². The van der Waals surface area contributed by atoms with Crippen molar-refractivity contribution in [1.29, 1.82) is 0 Å². The molecule has 0 amide bonds. The number of allylic oxidation sites excluding steroid dienone is 1. The summed E-state index contributed by atoms with van der Waals surface area (Å²) < 4.78 is 70.5. The van der Waals surface area contributed by atoms with Gasteiger partial charge in [0.1, 0.15) is 11.6 Å². The fourth-order valence-electron chi connectivity index (χ4n) is 3.81. The van der Waals surface area contributed by atoms with Gasteiger partial charge in [-0.15, -0.1) is 0 Å². The molecular weight excluding hydrogens is 449 g/mol. The van der Waals surface area contributed by atoms with Crippen LogP contribution in [0.15, 0.2) is 72.9 Å². The summed E-state index contributed by atoms with van der Waals surface area (Å²) in [6.45, 7) is 0. The summed E-state index contributed by atoms with van der Waals surface area (Å²) in [7, 11) is 0. The molecule has 1 aliphatic rings. The molecule has 0 unspecified atom stereocenters. The summed E-state index contributed by atoms with van der Waals surface area (Å²) in [6, 6.07) is 15.8. The second-order valence-corrected chi connectivity index (χ2v) is 7.99. The molecule has 2 aromatic carbocycles. The maximum atomic E-state index is 14.3. The Hall–Kier alpha value is -2.93. The Morgan fingerprint density at radius 1 is 1.09 bits per heavy atom. The van der Waals surface area contributed by atoms with E-state index >= 15 is 0 Å². The van der Waals surface area contributed by atoms with Crippen molar-refractivity contribution in [1.82, 2.24) is 4.98 Å². The number of aromatic nitrogens is 1. The van der Waals surface area contributed by atoms with Gasteiger partial charge in [0.25, 0.3) is 0 Å². The van der Waals surface area contributed by atoms with E-state index in [0.717, 1.165) is 11.6 Å². The third-order valence-electron chi connectivity index (χ3n) is 5.41. The Balaban J connectivity index is 1.73. The van der Waals surface area contributed by atoms with Crippen LogP contribution < -0.4 is 4.74 Å². The molecule has 4 rings (SSSR count). The molecule has 1 fully saturated rings. The first-order chi connectivity index (χ1) is 15.2. The number of ether oxygens (including phenoxy) is 1. The molecule has 1 heterocycles. The molecule has 2 nitrogen and oxygen atoms in total. The van der Waals surface area contributed by atoms with Gasteiger partial charge in [-0.3, -0.25) is 4.98 Å². The van der Waals surface area contributed by atoms with Gasteiger partial charge in [-0.2, -0.15) is 17.6 Å². The average molecular weight is 466 g/mol. The van der Waals surface area contributed by atoms with Gasteiger partial charge in [0.15, 0.2) is 0 Å². The standard InChI is InChI=1S/C24H17ClF5NO/c25-18-8-9-21(31-14-18)23(13-16(23)7-6-15-4-2-1-3-5-15)17-10-19(26)12-20(11-17)32-24(29,30)22(27)28/h1-12,14,16,22H,13H2/b7-6+/t16-,23+/m1/s1. The van der Waals surface area contributed by atoms with Crippen molar-refractivity contribution in [3.8, 4) is 5.75 Å². The quantitative estimate of drug-likeness (QED) is 0.346. The van der Waals surface area contributed by atoms with Crippen molar-refractivity contribution < 1.29 is 26.7 Å². The van der Waals surface area contributed by atoms with Gasteiger partial charge in [0.05, 0.1) is 10.7 Å². The van der Waals surface area contributed by atoms with Crippen molar-refractivity contribution in [2.24, 2.45) is 5.92 Å². The monoisotopic (exact) mass is 465 g/mol. The van der Waals surface area contributed by atoms with Crippen molar-refractivity contribution in [3.63, 3.8) is 0 Å². The summed E-state index contributed by atoms with van der Waals surface area (Å²) >= 11 is 5.95. The molecule has 1 aliphatic carbocycles. The highest BCUT2D eigenvalue weighted by atomic mass is 35.5. The molecule has 3 aromatic rings. The molecule has 0 aliphatic heterocycles. The average Bonchev–Trinajstić information content (AvgIpc) is 3.48. The Morgan fingerprint density at radius 3 is 2.50 bits per heavy atom. The van der Waals surface area contributed by atoms with Crippen LogP contribution >= 0.6 is 11.6 Å². The van der Waals surface area contributed by atoms with Crippen molar-refractivity contribution in [2.45, 2.75) is 24.4 Å². The van der Waals surface area contributed by atoms with Crippen LogP contribution in [0.1, 0.15) is 23.2 Å². The minimum absolute atomic E-state index is 0.137. The summed E-state index contributed by atoms with van der Waals surface area (Å²) in [4.78, 5) is 4.36. The molecule has 0 radical (unpaired) electrons. The fraction of sp³-hybridized carbons (Fsp3) is 0.208. The lowest BCUT2D eigenvalue weighted by atomic mass is 9.88. The first-order valence-electron chi connectivity index (χ1n) is 9.72. The molecular formula is C24H17ClF5NO. The molecule has 0 N–H and O–H groups in total. The number of hydrogen-bond donors (Lipinski definition) is 0. The van der Waals surface area contributed by atoms with Crippen LogP contribution in [-0.2, 0) is 5.41 Å². The van der Waals surface area contributed by atoms with Crippen molar-refractivity contribution >= 4 is 17.7 Å². The van der Waals surface area contributed by atoms with E-state index < -0.39 is 29.5 Å². The summed E-state index contributed by atoms with van der Waals surface area (Å²) in [6.07, 6.45) is -3.00. The van der Waals surface area contributed by atoms with E-state index in [1.807, 2.05) is 42.5 Å². The van der Waals surface area contributed by atoms with Crippen LogP contribution in [-0.4, -0.2) is 17.5 Å². The Bertz CT molecular complexity index is 1120. The molecule has 0 saturated heterocycles. The first kappa shape index (κ1) is 22.3. The lowest BCUT2D eigenvalue weighted by Gasteiger charge is -2.21. The minimum Gasteiger partial charge on any atom is -0.428 e. The molecule has 2 atom stereocenters. The molecule has 32 heavy (non-hydrogen) atoms. The SMILES string of the molecule is Fc1cc(OC(F)(F)C(F)F)cc([C@]2(c3ccc(Cl)cn3)C[C@H]2/C=C/c2ccccc2)c1. The predicted octanol–water partition coefficient (Wildman–Crippen LogP) is 7.13. The van der Waals surface area contributed by atoms with Crippen LogP contribution in [0.25, 0.3) is 6.08 Å². The number of pyridine rings is 1. The van der Waals surface area contributed by atoms with E-state index in [9.17, 15) is 22.0 Å². The highest BCUT2D eigenvalue weighted by Crippen LogP contribution is 2.59. The Kier molecular flexibility index (Phi) is 5.95. The molecule has 0 spiro atoms. The largest absolute Gasteiger partial charge is 0.461 e. The topological polar surface area (TPSA) is 22.1 Å². The predicted molar refractivity (Wildman–Crippen MR) is 112 cm³/mol. The number of benzene rings is 2. The highest BCUT2D eigenvalue weighted by molar-refractivity contribution is 6.30. The Morgan fingerprint density at radius 2 is 1.84 bits per heavy atom. The van der Waals surface area contributed by atoms with E-state index in [1.54, 1.807) is 12.1 Å². The lowest BCUT2D eigenvalue weighted by Crippen LogP contribution is -2.33. The van der Waals surface area contributed by atoms with Gasteiger partial charge in [-0.1, -0.05) is 54.1 Å². The zero-order valence-corrected chi connectivity index (χ0v) is 17.2. The number of hydrogen-bond acceptors (Lipinski definition) is 2. The van der Waals surface area contributed by atoms with Crippen molar-refractivity contribution in [2.75, 3.05) is 0 Å². The third kappa shape index (κ3) is 4.48. The summed E-state index contributed by atoms with van der Waals surface area (Å²) in [5.74, 6) is -1.70. The van der Waals surface area contributed by atoms with Crippen LogP contribution in [0.4, 0.5) is 22.0 Å². The second-order valence-electron chi connectivity index (χ2n) is 7.55. The van der Waals surface area contributed by atoms with E-state index in [0.29, 0.717) is 28.8 Å². The lowest BCUT2D eigenvalue weighted by molar-refractivity contribution is -0.253. The van der Waals surface area contributed by atoms with E-state index in [-0.39, 0.29) is 5.92 Å². The van der Waals surface area contributed by atoms with E-state index in [4.69, 9.17) is 11.6 Å². The highest BCUT2D eigenvalue weighted by Gasteiger charge is 2.56. The first-order valence-corrected chi connectivity index (χ1v) is 10.1. The molecule has 8 heteroatoms. The van der Waals surface area contributed by atoms with Gasteiger partial charge in [-0.25, -0.2) is 4.39 Å². The van der Waals surface area contributed by atoms with Gasteiger partial charge in [0.2, 0.25) is 0 Å². The number of rotatable bonds is 7. The van der Waals surface area contributed by atoms with Crippen LogP contribution in [0.5, 0.6) is 5.75 Å². The van der Waals surface area contributed by atoms with Gasteiger partial charge in [-0.05, 0) is 47.7 Å². The minimum atomic E-state index is -4.74. The van der Waals surface area contributed by atoms with E-state index in [2.05, 4.69) is 9.72 Å². The number of nitrogens with zero attached hydrogens (tertiary/aromatic N) is 1. The van der Waals surface area contributed by atoms with Gasteiger partial charge in [0, 0.05) is 17.7 Å². The molecule has 0 bridgehead atoms. The van der Waals surface area contributed by atoms with Crippen molar-refractivity contribution in [3.05, 3.63) is 101 Å². The Labute approximate surface area is 186 Å². The number of halogens is 6. The number of alkyl halides is 4. The zero-order chi connectivity index (χ0) is 22.9. The zero-order valence-electron chi connectivity index (χ0n) is 16.5. The maximum absolute atomic E-state index is 14.3. The summed E-state index contributed by atoms with van der Waals surface area (Å²) in [5.41, 5.74) is 0.977. The van der Waals surface area contributed by atoms with Crippen LogP contribution in [0.2, 0.25) is 5.02 Å². The molecule has 1 saturated carbocycles. The maximum Gasteiger partial charge on any atom is 0.461 e. The van der Waals surface area contributed by atoms with Gasteiger partial charge < -0.3 is 4.74 Å². The van der Waals surface area contributed by atoms with Gasteiger partial charge >= 0.3 is 12.5 Å². The molecule has 1 aromatic heterocycles. The smallest absolute Gasteiger partial charge is 0.428 e. The third-order valence-corrected chi connectivity index (χ3v) is 5.64. The second kappa shape index (κ2) is 8.54. The molecule has 166 valence electrons. The fourth-order valence-corrected chi connectivity index (χ4v) is 3.92. The normalized spacial score (nSPS) is 20.7. The van der Waals surface area contributed by atoms with Crippen LogP contribution in [0, 0.1) is 11.7 Å². The van der Waals surface area contributed by atoms with Crippen LogP contribution in [0.3, 0.4) is 0 Å². The summed E-state index contributed by atoms with van der Waals surface area (Å²) in [5, 5.41) is 0.403.